The van der Waals surface area contributed by atoms with E-state index in [0.29, 0.717) is 17.8 Å². The fraction of sp³-hybridized carbons (Fsp3) is 0.571. The SMILES string of the molecule is C=C(C)CCCCCCC/C(=C\C(C)C1CC(=C)CC1=C)C1CC(=C)CC1=C. The molecule has 3 unspecified atom stereocenters. The van der Waals surface area contributed by atoms with Crippen LogP contribution >= 0.6 is 0 Å². The van der Waals surface area contributed by atoms with Crippen LogP contribution in [0.4, 0.5) is 0 Å². The van der Waals surface area contributed by atoms with Crippen molar-refractivity contribution in [2.75, 3.05) is 0 Å². The number of allylic oxidation sites excluding steroid dienone is 7. The summed E-state index contributed by atoms with van der Waals surface area (Å²) < 4.78 is 0. The summed E-state index contributed by atoms with van der Waals surface area (Å²) in [7, 11) is 0. The Hall–Kier alpha value is -1.56. The average Bonchev–Trinajstić information content (AvgIpc) is 3.12. The molecule has 0 aliphatic heterocycles. The van der Waals surface area contributed by atoms with Crippen LogP contribution in [0.15, 0.2) is 72.4 Å². The Labute approximate surface area is 174 Å². The van der Waals surface area contributed by atoms with Gasteiger partial charge >= 0.3 is 0 Å². The van der Waals surface area contributed by atoms with E-state index in [1.807, 2.05) is 0 Å². The fourth-order valence-electron chi connectivity index (χ4n) is 4.99. The van der Waals surface area contributed by atoms with Crippen LogP contribution in [0.2, 0.25) is 0 Å². The first kappa shape index (κ1) is 22.7. The number of hydrogen-bond acceptors (Lipinski definition) is 0. The van der Waals surface area contributed by atoms with E-state index in [1.165, 1.54) is 72.8 Å². The van der Waals surface area contributed by atoms with E-state index >= 15 is 0 Å². The van der Waals surface area contributed by atoms with Gasteiger partial charge in [-0.1, -0.05) is 92.0 Å². The highest BCUT2D eigenvalue weighted by molar-refractivity contribution is 5.33. The predicted molar refractivity (Wildman–Crippen MR) is 126 cm³/mol. The highest BCUT2D eigenvalue weighted by Crippen LogP contribution is 2.43. The summed E-state index contributed by atoms with van der Waals surface area (Å²) in [6.07, 6.45) is 15.8. The van der Waals surface area contributed by atoms with Gasteiger partial charge in [-0.15, -0.1) is 6.58 Å². The molecular formula is C28H42. The van der Waals surface area contributed by atoms with Gasteiger partial charge in [-0.25, -0.2) is 0 Å². The van der Waals surface area contributed by atoms with Gasteiger partial charge in [-0.3, -0.25) is 0 Å². The highest BCUT2D eigenvalue weighted by atomic mass is 14.3. The molecule has 3 atom stereocenters. The lowest BCUT2D eigenvalue weighted by Gasteiger charge is -2.22. The zero-order chi connectivity index (χ0) is 20.7. The summed E-state index contributed by atoms with van der Waals surface area (Å²) in [4.78, 5) is 0. The quantitative estimate of drug-likeness (QED) is 0.249. The first-order valence-corrected chi connectivity index (χ1v) is 11.3. The smallest absolute Gasteiger partial charge is 0.00447 e. The molecule has 0 heteroatoms. The van der Waals surface area contributed by atoms with E-state index in [4.69, 9.17) is 0 Å². The van der Waals surface area contributed by atoms with Crippen molar-refractivity contribution in [3.05, 3.63) is 72.4 Å². The number of rotatable bonds is 11. The van der Waals surface area contributed by atoms with Gasteiger partial charge in [0.1, 0.15) is 0 Å². The third-order valence-electron chi connectivity index (χ3n) is 6.60. The first-order chi connectivity index (χ1) is 13.3. The summed E-state index contributed by atoms with van der Waals surface area (Å²) >= 11 is 0. The number of unbranched alkanes of at least 4 members (excludes halogenated alkanes) is 4. The fourth-order valence-corrected chi connectivity index (χ4v) is 4.99. The Balaban J connectivity index is 1.94. The molecular weight excluding hydrogens is 336 g/mol. The molecule has 2 saturated carbocycles. The van der Waals surface area contributed by atoms with E-state index in [1.54, 1.807) is 5.57 Å². The van der Waals surface area contributed by atoms with Gasteiger partial charge in [0, 0.05) is 5.92 Å². The van der Waals surface area contributed by atoms with Crippen LogP contribution in [0.25, 0.3) is 0 Å². The summed E-state index contributed by atoms with van der Waals surface area (Å²) in [5.41, 5.74) is 8.39. The Kier molecular flexibility index (Phi) is 8.80. The molecule has 0 N–H and O–H groups in total. The minimum atomic E-state index is 0.524. The molecule has 0 saturated heterocycles. The molecule has 0 heterocycles. The Morgan fingerprint density at radius 2 is 1.46 bits per heavy atom. The van der Waals surface area contributed by atoms with E-state index in [-0.39, 0.29) is 0 Å². The maximum absolute atomic E-state index is 4.38. The zero-order valence-corrected chi connectivity index (χ0v) is 18.6. The summed E-state index contributed by atoms with van der Waals surface area (Å²) in [6.45, 7) is 25.7. The van der Waals surface area contributed by atoms with Gasteiger partial charge < -0.3 is 0 Å². The van der Waals surface area contributed by atoms with Gasteiger partial charge in [0.05, 0.1) is 0 Å². The van der Waals surface area contributed by atoms with Crippen molar-refractivity contribution < 1.29 is 0 Å². The van der Waals surface area contributed by atoms with Crippen molar-refractivity contribution in [2.45, 2.75) is 84.5 Å². The molecule has 0 aromatic rings. The molecule has 0 radical (unpaired) electrons. The van der Waals surface area contributed by atoms with Gasteiger partial charge in [0.15, 0.2) is 0 Å². The topological polar surface area (TPSA) is 0 Å². The second-order valence-electron chi connectivity index (χ2n) is 9.56. The minimum absolute atomic E-state index is 0.524. The molecule has 28 heavy (non-hydrogen) atoms. The Morgan fingerprint density at radius 3 is 2.00 bits per heavy atom. The normalized spacial score (nSPS) is 24.3. The lowest BCUT2D eigenvalue weighted by Crippen LogP contribution is -2.10. The van der Waals surface area contributed by atoms with E-state index in [9.17, 15) is 0 Å². The molecule has 2 aliphatic rings. The van der Waals surface area contributed by atoms with Gasteiger partial charge in [-0.2, -0.15) is 0 Å². The highest BCUT2D eigenvalue weighted by Gasteiger charge is 2.29. The van der Waals surface area contributed by atoms with Crippen molar-refractivity contribution in [3.8, 4) is 0 Å². The number of hydrogen-bond donors (Lipinski definition) is 0. The molecule has 0 nitrogen and oxygen atoms in total. The second-order valence-corrected chi connectivity index (χ2v) is 9.56. The van der Waals surface area contributed by atoms with Gasteiger partial charge in [-0.05, 0) is 70.1 Å². The van der Waals surface area contributed by atoms with Crippen molar-refractivity contribution in [2.24, 2.45) is 17.8 Å². The maximum Gasteiger partial charge on any atom is 0.00447 e. The molecule has 0 aromatic carbocycles. The summed E-state index contributed by atoms with van der Waals surface area (Å²) in [5, 5.41) is 0. The second kappa shape index (κ2) is 10.8. The molecule has 0 aromatic heterocycles. The molecule has 0 bridgehead atoms. The third kappa shape index (κ3) is 6.80. The Morgan fingerprint density at radius 1 is 0.893 bits per heavy atom. The van der Waals surface area contributed by atoms with Gasteiger partial charge in [0.2, 0.25) is 0 Å². The van der Waals surface area contributed by atoms with Crippen molar-refractivity contribution in [1.82, 2.24) is 0 Å². The van der Waals surface area contributed by atoms with Crippen LogP contribution in [0.3, 0.4) is 0 Å². The standard InChI is InChI=1S/C28H42/c1-20(2)13-11-9-8-10-12-14-26(28-18-22(4)16-24(28)6)19-25(7)27-17-21(3)15-23(27)5/h19,25,27-28H,1,3-6,8-18H2,2,7H3/b26-19+. The van der Waals surface area contributed by atoms with Crippen LogP contribution in [0.5, 0.6) is 0 Å². The predicted octanol–water partition coefficient (Wildman–Crippen LogP) is 8.90. The molecule has 0 amide bonds. The van der Waals surface area contributed by atoms with E-state index in [2.05, 4.69) is 52.8 Å². The molecule has 2 fully saturated rings. The minimum Gasteiger partial charge on any atom is -0.100 e. The molecule has 2 aliphatic carbocycles. The van der Waals surface area contributed by atoms with Crippen LogP contribution < -0.4 is 0 Å². The average molecular weight is 379 g/mol. The van der Waals surface area contributed by atoms with E-state index in [0.717, 1.165) is 25.7 Å². The Bertz CT molecular complexity index is 654. The largest absolute Gasteiger partial charge is 0.100 e. The maximum atomic E-state index is 4.38. The van der Waals surface area contributed by atoms with Crippen molar-refractivity contribution in [3.63, 3.8) is 0 Å². The zero-order valence-electron chi connectivity index (χ0n) is 18.6. The van der Waals surface area contributed by atoms with Gasteiger partial charge in [0.25, 0.3) is 0 Å². The van der Waals surface area contributed by atoms with Crippen LogP contribution in [0.1, 0.15) is 84.5 Å². The van der Waals surface area contributed by atoms with E-state index < -0.39 is 0 Å². The molecule has 154 valence electrons. The monoisotopic (exact) mass is 378 g/mol. The van der Waals surface area contributed by atoms with Crippen LogP contribution in [0, 0.1) is 17.8 Å². The molecule has 0 spiro atoms. The summed E-state index contributed by atoms with van der Waals surface area (Å²) in [6, 6.07) is 0. The van der Waals surface area contributed by atoms with Crippen LogP contribution in [-0.2, 0) is 0 Å². The molecule has 2 rings (SSSR count). The lowest BCUT2D eigenvalue weighted by atomic mass is 9.83. The third-order valence-corrected chi connectivity index (χ3v) is 6.60. The lowest BCUT2D eigenvalue weighted by molar-refractivity contribution is 0.502. The van der Waals surface area contributed by atoms with Crippen molar-refractivity contribution >= 4 is 0 Å². The summed E-state index contributed by atoms with van der Waals surface area (Å²) in [5.74, 6) is 1.64. The first-order valence-electron chi connectivity index (χ1n) is 11.3. The van der Waals surface area contributed by atoms with Crippen molar-refractivity contribution in [1.29, 1.82) is 0 Å². The van der Waals surface area contributed by atoms with Crippen LogP contribution in [-0.4, -0.2) is 0 Å².